The molecule has 2 atom stereocenters. The number of aliphatic hydroxyl groups excluding tert-OH is 1. The number of hydrogen-bond donors (Lipinski definition) is 2. The molecule has 0 spiro atoms. The Morgan fingerprint density at radius 3 is 1.82 bits per heavy atom. The van der Waals surface area contributed by atoms with Gasteiger partial charge in [0.05, 0.1) is 5.71 Å². The third kappa shape index (κ3) is 10.7. The van der Waals surface area contributed by atoms with Gasteiger partial charge in [-0.15, -0.1) is 0 Å². The number of oxime groups is 1. The van der Waals surface area contributed by atoms with Crippen molar-refractivity contribution < 1.29 is 19.8 Å². The van der Waals surface area contributed by atoms with E-state index < -0.39 is 5.97 Å². The zero-order chi connectivity index (χ0) is 21.9. The lowest BCUT2D eigenvalue weighted by atomic mass is 9.83. The fourth-order valence-electron chi connectivity index (χ4n) is 3.39. The van der Waals surface area contributed by atoms with Crippen molar-refractivity contribution in [2.24, 2.45) is 34.7 Å². The molecule has 0 aliphatic heterocycles. The van der Waals surface area contributed by atoms with Crippen molar-refractivity contribution in [2.75, 3.05) is 7.11 Å². The highest BCUT2D eigenvalue weighted by molar-refractivity contribution is 6.19. The molecule has 5 heteroatoms. The second kappa shape index (κ2) is 13.6. The predicted molar refractivity (Wildman–Crippen MR) is 117 cm³/mol. The van der Waals surface area contributed by atoms with Gasteiger partial charge in [-0.1, -0.05) is 72.9 Å². The normalized spacial score (nSPS) is 15.8. The number of nitrogens with zero attached hydrogens (tertiary/aromatic N) is 1. The Balaban J connectivity index is 5.83. The molecule has 28 heavy (non-hydrogen) atoms. The maximum absolute atomic E-state index is 12.0. The van der Waals surface area contributed by atoms with Crippen molar-refractivity contribution in [1.82, 2.24) is 0 Å². The molecular weight excluding hydrogens is 354 g/mol. The van der Waals surface area contributed by atoms with Crippen molar-refractivity contribution in [1.29, 1.82) is 0 Å². The van der Waals surface area contributed by atoms with Gasteiger partial charge in [0.25, 0.3) is 0 Å². The summed E-state index contributed by atoms with van der Waals surface area (Å²) in [7, 11) is 1.40. The number of aliphatic hydroxyl groups is 1. The van der Waals surface area contributed by atoms with Gasteiger partial charge in [-0.2, -0.15) is 0 Å². The third-order valence-corrected chi connectivity index (χ3v) is 4.96. The lowest BCUT2D eigenvalue weighted by molar-refractivity contribution is -0.132. The van der Waals surface area contributed by atoms with Crippen LogP contribution in [-0.2, 0) is 9.63 Å². The Bertz CT molecular complexity index is 521. The third-order valence-electron chi connectivity index (χ3n) is 4.96. The molecule has 0 aromatic carbocycles. The van der Waals surface area contributed by atoms with Crippen LogP contribution < -0.4 is 0 Å². The average Bonchev–Trinajstić information content (AvgIpc) is 2.55. The molecule has 0 aliphatic carbocycles. The number of rotatable bonds is 14. The maximum atomic E-state index is 12.0. The molecule has 0 radical (unpaired) electrons. The van der Waals surface area contributed by atoms with Gasteiger partial charge >= 0.3 is 5.97 Å². The lowest BCUT2D eigenvalue weighted by Gasteiger charge is -2.24. The van der Waals surface area contributed by atoms with Gasteiger partial charge in [-0.25, -0.2) is 4.79 Å². The summed E-state index contributed by atoms with van der Waals surface area (Å²) in [4.78, 5) is 16.9. The molecule has 0 bridgehead atoms. The molecule has 0 aliphatic rings. The van der Waals surface area contributed by atoms with Crippen LogP contribution in [-0.4, -0.2) is 29.0 Å². The van der Waals surface area contributed by atoms with Crippen LogP contribution in [0.4, 0.5) is 0 Å². The van der Waals surface area contributed by atoms with Crippen LogP contribution in [0.25, 0.3) is 0 Å². The largest absolute Gasteiger partial charge is 0.511 e. The zero-order valence-electron chi connectivity index (χ0n) is 19.3. The van der Waals surface area contributed by atoms with E-state index in [2.05, 4.69) is 39.8 Å². The Labute approximate surface area is 172 Å². The molecule has 0 aromatic rings. The van der Waals surface area contributed by atoms with E-state index in [9.17, 15) is 15.0 Å². The predicted octanol–water partition coefficient (Wildman–Crippen LogP) is 6.45. The van der Waals surface area contributed by atoms with E-state index in [0.29, 0.717) is 29.9 Å². The van der Waals surface area contributed by atoms with E-state index in [1.165, 1.54) is 7.11 Å². The summed E-state index contributed by atoms with van der Waals surface area (Å²) >= 11 is 0. The van der Waals surface area contributed by atoms with Gasteiger partial charge in [-0.3, -0.25) is 0 Å². The van der Waals surface area contributed by atoms with Gasteiger partial charge in [0.2, 0.25) is 0 Å². The minimum Gasteiger partial charge on any atom is -0.511 e. The number of hydrogen-bond acceptors (Lipinski definition) is 4. The molecule has 0 rings (SSSR count). The van der Waals surface area contributed by atoms with Crippen LogP contribution in [0.2, 0.25) is 0 Å². The quantitative estimate of drug-likeness (QED) is 0.153. The van der Waals surface area contributed by atoms with Gasteiger partial charge in [-0.05, 0) is 42.9 Å². The maximum Gasteiger partial charge on any atom is 0.341 e. The van der Waals surface area contributed by atoms with Crippen LogP contribution >= 0.6 is 0 Å². The highest BCUT2D eigenvalue weighted by atomic mass is 16.6. The smallest absolute Gasteiger partial charge is 0.341 e. The molecule has 164 valence electrons. The Kier molecular flexibility index (Phi) is 12.9. The molecule has 0 heterocycles. The first-order valence-electron chi connectivity index (χ1n) is 10.8. The fourth-order valence-corrected chi connectivity index (χ4v) is 3.39. The van der Waals surface area contributed by atoms with Crippen molar-refractivity contribution in [3.8, 4) is 0 Å². The standard InChI is InChI=1S/C23H43NO4/c1-15(2)9-11-18(7)14-19(12-10-16(3)4)22(25)21(23(26)27)20(24-28-8)13-17(5)6/h15-19,25H,9-14H2,1-8H3,(H,26,27)/b22-21?,24-20-/t18-,19+/m0/s1. The van der Waals surface area contributed by atoms with E-state index in [4.69, 9.17) is 4.84 Å². The molecule has 0 aromatic heterocycles. The van der Waals surface area contributed by atoms with Crippen LogP contribution in [0.1, 0.15) is 87.0 Å². The molecule has 0 saturated heterocycles. The lowest BCUT2D eigenvalue weighted by Crippen LogP contribution is -2.22. The van der Waals surface area contributed by atoms with Crippen LogP contribution in [0.5, 0.6) is 0 Å². The highest BCUT2D eigenvalue weighted by Crippen LogP contribution is 2.31. The molecular formula is C23H43NO4. The summed E-state index contributed by atoms with van der Waals surface area (Å²) in [5.41, 5.74) is 0.229. The second-order valence-electron chi connectivity index (χ2n) is 9.36. The van der Waals surface area contributed by atoms with Gasteiger partial charge in [0, 0.05) is 5.92 Å². The monoisotopic (exact) mass is 397 g/mol. The minimum atomic E-state index is -1.14. The number of carboxylic acid groups (broad SMARTS) is 1. The average molecular weight is 398 g/mol. The number of carboxylic acids is 1. The molecule has 5 nitrogen and oxygen atoms in total. The van der Waals surface area contributed by atoms with Crippen molar-refractivity contribution in [3.05, 3.63) is 11.3 Å². The highest BCUT2D eigenvalue weighted by Gasteiger charge is 2.28. The number of aliphatic carboxylic acids is 1. The van der Waals surface area contributed by atoms with Crippen molar-refractivity contribution in [3.63, 3.8) is 0 Å². The van der Waals surface area contributed by atoms with Crippen molar-refractivity contribution in [2.45, 2.75) is 87.0 Å². The van der Waals surface area contributed by atoms with E-state index in [-0.39, 0.29) is 23.2 Å². The molecule has 0 unspecified atom stereocenters. The fraction of sp³-hybridized carbons (Fsp3) is 0.826. The summed E-state index contributed by atoms with van der Waals surface area (Å²) in [6.45, 7) is 14.9. The van der Waals surface area contributed by atoms with E-state index >= 15 is 0 Å². The summed E-state index contributed by atoms with van der Waals surface area (Å²) < 4.78 is 0. The first-order chi connectivity index (χ1) is 13.0. The summed E-state index contributed by atoms with van der Waals surface area (Å²) in [6.07, 6.45) is 5.16. The topological polar surface area (TPSA) is 79.1 Å². The van der Waals surface area contributed by atoms with E-state index in [1.54, 1.807) is 0 Å². The Morgan fingerprint density at radius 2 is 1.39 bits per heavy atom. The van der Waals surface area contributed by atoms with E-state index in [0.717, 1.165) is 32.1 Å². The molecule has 0 saturated carbocycles. The zero-order valence-corrected chi connectivity index (χ0v) is 19.3. The SMILES string of the molecule is CO/N=C(/CC(C)C)C(C(=O)O)=C(O)[C@H](CCC(C)C)C[C@@H](C)CCC(C)C. The number of allylic oxidation sites excluding steroid dienone is 1. The van der Waals surface area contributed by atoms with Crippen LogP contribution in [0, 0.1) is 29.6 Å². The summed E-state index contributed by atoms with van der Waals surface area (Å²) in [5.74, 6) is 0.406. The Hall–Kier alpha value is -1.52. The molecule has 2 N–H and O–H groups in total. The molecule has 0 fully saturated rings. The Morgan fingerprint density at radius 1 is 0.857 bits per heavy atom. The van der Waals surface area contributed by atoms with Crippen LogP contribution in [0.3, 0.4) is 0 Å². The minimum absolute atomic E-state index is 0.0407. The second-order valence-corrected chi connectivity index (χ2v) is 9.36. The first-order valence-corrected chi connectivity index (χ1v) is 10.8. The van der Waals surface area contributed by atoms with Crippen molar-refractivity contribution >= 4 is 11.7 Å². The van der Waals surface area contributed by atoms with Gasteiger partial charge < -0.3 is 15.1 Å². The van der Waals surface area contributed by atoms with E-state index in [1.807, 2.05) is 13.8 Å². The molecule has 0 amide bonds. The number of carbonyl (C=O) groups is 1. The first kappa shape index (κ1) is 26.5. The summed E-state index contributed by atoms with van der Waals surface area (Å²) in [6, 6.07) is 0. The van der Waals surface area contributed by atoms with Crippen LogP contribution in [0.15, 0.2) is 16.5 Å². The van der Waals surface area contributed by atoms with Gasteiger partial charge in [0.15, 0.2) is 0 Å². The van der Waals surface area contributed by atoms with Gasteiger partial charge in [0.1, 0.15) is 18.4 Å². The summed E-state index contributed by atoms with van der Waals surface area (Å²) in [5, 5.41) is 24.8.